The summed E-state index contributed by atoms with van der Waals surface area (Å²) in [5.41, 5.74) is 1.55. The van der Waals surface area contributed by atoms with Crippen molar-refractivity contribution in [2.75, 3.05) is 7.05 Å². The number of hydrogen-bond donors (Lipinski definition) is 1. The molecule has 0 radical (unpaired) electrons. The number of para-hydroxylation sites is 1. The molecule has 2 saturated heterocycles. The highest BCUT2D eigenvalue weighted by atomic mass is 16.2. The summed E-state index contributed by atoms with van der Waals surface area (Å²) in [6.45, 7) is 0. The van der Waals surface area contributed by atoms with E-state index in [0.29, 0.717) is 17.8 Å². The summed E-state index contributed by atoms with van der Waals surface area (Å²) in [5.74, 6) is -0.0329. The van der Waals surface area contributed by atoms with Crippen LogP contribution in [0.2, 0.25) is 0 Å². The number of carbonyl (C=O) groups excluding carboxylic acids is 1. The van der Waals surface area contributed by atoms with E-state index in [-0.39, 0.29) is 11.9 Å². The van der Waals surface area contributed by atoms with Crippen LogP contribution in [0, 0.1) is 0 Å². The zero-order valence-electron chi connectivity index (χ0n) is 13.8. The number of rotatable bonds is 2. The quantitative estimate of drug-likeness (QED) is 0.926. The molecule has 2 fully saturated rings. The van der Waals surface area contributed by atoms with Crippen molar-refractivity contribution in [1.29, 1.82) is 0 Å². The molecule has 0 spiro atoms. The van der Waals surface area contributed by atoms with Gasteiger partial charge in [0, 0.05) is 30.6 Å². The molecule has 0 saturated carbocycles. The first-order chi connectivity index (χ1) is 11.1. The fraction of sp³-hybridized carbons (Fsp3) is 0.556. The number of fused-ring (bicyclic) bond motifs is 3. The Balaban J connectivity index is 1.54. The molecule has 4 rings (SSSR count). The van der Waals surface area contributed by atoms with Crippen molar-refractivity contribution < 1.29 is 4.79 Å². The number of nitrogens with zero attached hydrogens (tertiary/aromatic N) is 3. The van der Waals surface area contributed by atoms with E-state index >= 15 is 0 Å². The summed E-state index contributed by atoms with van der Waals surface area (Å²) in [4.78, 5) is 15.3. The van der Waals surface area contributed by atoms with Crippen molar-refractivity contribution in [1.82, 2.24) is 20.0 Å². The summed E-state index contributed by atoms with van der Waals surface area (Å²) in [7, 11) is 4.12. The lowest BCUT2D eigenvalue weighted by Crippen LogP contribution is -2.55. The second kappa shape index (κ2) is 5.64. The van der Waals surface area contributed by atoms with Crippen molar-refractivity contribution in [2.24, 2.45) is 7.05 Å². The van der Waals surface area contributed by atoms with E-state index in [2.05, 4.69) is 22.4 Å². The number of aryl methyl sites for hydroxylation is 1. The van der Waals surface area contributed by atoms with Gasteiger partial charge in [0.15, 0.2) is 5.69 Å². The van der Waals surface area contributed by atoms with Crippen LogP contribution in [0.1, 0.15) is 42.6 Å². The molecule has 23 heavy (non-hydrogen) atoms. The van der Waals surface area contributed by atoms with Crippen LogP contribution in [0.4, 0.5) is 0 Å². The summed E-state index contributed by atoms with van der Waals surface area (Å²) in [6, 6.07) is 9.42. The number of hydrogen-bond acceptors (Lipinski definition) is 3. The maximum atomic E-state index is 12.7. The van der Waals surface area contributed by atoms with Gasteiger partial charge in [0.25, 0.3) is 5.91 Å². The molecule has 2 aliphatic heterocycles. The van der Waals surface area contributed by atoms with Gasteiger partial charge in [0.2, 0.25) is 0 Å². The first-order valence-corrected chi connectivity index (χ1v) is 8.58. The van der Waals surface area contributed by atoms with E-state index in [1.54, 1.807) is 4.68 Å². The minimum Gasteiger partial charge on any atom is -0.348 e. The van der Waals surface area contributed by atoms with Gasteiger partial charge in [-0.05, 0) is 38.8 Å². The van der Waals surface area contributed by atoms with Crippen molar-refractivity contribution in [2.45, 2.75) is 50.2 Å². The lowest BCUT2D eigenvalue weighted by atomic mass is 9.82. The zero-order valence-corrected chi connectivity index (χ0v) is 13.8. The molecule has 2 aliphatic rings. The predicted octanol–water partition coefficient (Wildman–Crippen LogP) is 2.32. The first kappa shape index (κ1) is 14.7. The van der Waals surface area contributed by atoms with Gasteiger partial charge < -0.3 is 10.2 Å². The number of amides is 1. The number of nitrogens with one attached hydrogen (secondary N) is 1. The molecule has 1 aromatic heterocycles. The van der Waals surface area contributed by atoms with E-state index in [1.807, 2.05) is 31.3 Å². The van der Waals surface area contributed by atoms with Gasteiger partial charge in [-0.2, -0.15) is 5.10 Å². The molecule has 0 aliphatic carbocycles. The Morgan fingerprint density at radius 1 is 1.17 bits per heavy atom. The molecule has 1 amide bonds. The standard InChI is InChI=1S/C18H24N4O/c1-21-13-6-5-7-14(21)11-12(10-13)19-18(23)17-15-8-3-4-9-16(15)22(2)20-17/h3-4,8-9,12-14H,5-7,10-11H2,1-2H3,(H,19,23)/t12?,13-,14?/m0/s1. The summed E-state index contributed by atoms with van der Waals surface area (Å²) in [6.07, 6.45) is 5.95. The van der Waals surface area contributed by atoms with E-state index in [0.717, 1.165) is 23.7 Å². The minimum absolute atomic E-state index is 0.0329. The lowest BCUT2D eigenvalue weighted by molar-refractivity contribution is 0.0462. The normalized spacial score (nSPS) is 28.0. The topological polar surface area (TPSA) is 50.2 Å². The van der Waals surface area contributed by atoms with Gasteiger partial charge in [-0.25, -0.2) is 0 Å². The summed E-state index contributed by atoms with van der Waals surface area (Å²) < 4.78 is 1.79. The average molecular weight is 312 g/mol. The highest BCUT2D eigenvalue weighted by Crippen LogP contribution is 2.32. The van der Waals surface area contributed by atoms with Gasteiger partial charge in [-0.15, -0.1) is 0 Å². The van der Waals surface area contributed by atoms with Gasteiger partial charge in [-0.1, -0.05) is 24.6 Å². The number of piperidine rings is 2. The Kier molecular flexibility index (Phi) is 3.60. The Bertz CT molecular complexity index is 724. The number of aromatic nitrogens is 2. The SMILES string of the molecule is CN1C2CCC[C@H]1CC(NC(=O)c1nn(C)c3ccccc13)C2. The molecule has 2 aromatic rings. The van der Waals surface area contributed by atoms with Crippen molar-refractivity contribution >= 4 is 16.8 Å². The van der Waals surface area contributed by atoms with Crippen LogP contribution in [-0.4, -0.2) is 45.8 Å². The van der Waals surface area contributed by atoms with E-state index in [1.165, 1.54) is 19.3 Å². The molecule has 3 atom stereocenters. The van der Waals surface area contributed by atoms with Crippen LogP contribution in [0.25, 0.3) is 10.9 Å². The Hall–Kier alpha value is -1.88. The molecular weight excluding hydrogens is 288 g/mol. The summed E-state index contributed by atoms with van der Waals surface area (Å²) in [5, 5.41) is 8.62. The average Bonchev–Trinajstić information content (AvgIpc) is 2.86. The molecular formula is C18H24N4O. The molecule has 2 unspecified atom stereocenters. The highest BCUT2D eigenvalue weighted by Gasteiger charge is 2.36. The van der Waals surface area contributed by atoms with Crippen LogP contribution in [0.3, 0.4) is 0 Å². The Morgan fingerprint density at radius 3 is 2.61 bits per heavy atom. The number of benzene rings is 1. The van der Waals surface area contributed by atoms with Crippen molar-refractivity contribution in [3.8, 4) is 0 Å². The van der Waals surface area contributed by atoms with Crippen LogP contribution >= 0.6 is 0 Å². The maximum Gasteiger partial charge on any atom is 0.272 e. The van der Waals surface area contributed by atoms with Gasteiger partial charge in [0.1, 0.15) is 0 Å². The van der Waals surface area contributed by atoms with Gasteiger partial charge >= 0.3 is 0 Å². The molecule has 1 aromatic carbocycles. The highest BCUT2D eigenvalue weighted by molar-refractivity contribution is 6.04. The molecule has 3 heterocycles. The smallest absolute Gasteiger partial charge is 0.272 e. The zero-order chi connectivity index (χ0) is 16.0. The molecule has 5 nitrogen and oxygen atoms in total. The molecule has 122 valence electrons. The van der Waals surface area contributed by atoms with E-state index < -0.39 is 0 Å². The van der Waals surface area contributed by atoms with E-state index in [4.69, 9.17) is 0 Å². The summed E-state index contributed by atoms with van der Waals surface area (Å²) >= 11 is 0. The minimum atomic E-state index is -0.0329. The fourth-order valence-electron chi connectivity index (χ4n) is 4.37. The van der Waals surface area contributed by atoms with Crippen molar-refractivity contribution in [3.05, 3.63) is 30.0 Å². The van der Waals surface area contributed by atoms with Crippen molar-refractivity contribution in [3.63, 3.8) is 0 Å². The molecule has 1 N–H and O–H groups in total. The second-order valence-electron chi connectivity index (χ2n) is 7.04. The largest absolute Gasteiger partial charge is 0.348 e. The lowest BCUT2D eigenvalue weighted by Gasteiger charge is -2.47. The second-order valence-corrected chi connectivity index (χ2v) is 7.04. The van der Waals surface area contributed by atoms with Gasteiger partial charge in [-0.3, -0.25) is 9.48 Å². The number of carbonyl (C=O) groups is 1. The van der Waals surface area contributed by atoms with Crippen LogP contribution in [0.5, 0.6) is 0 Å². The predicted molar refractivity (Wildman–Crippen MR) is 90.4 cm³/mol. The van der Waals surface area contributed by atoms with Crippen LogP contribution < -0.4 is 5.32 Å². The van der Waals surface area contributed by atoms with E-state index in [9.17, 15) is 4.79 Å². The maximum absolute atomic E-state index is 12.7. The van der Waals surface area contributed by atoms with Crippen LogP contribution in [-0.2, 0) is 7.05 Å². The van der Waals surface area contributed by atoms with Gasteiger partial charge in [0.05, 0.1) is 5.52 Å². The Labute approximate surface area is 136 Å². The third kappa shape index (κ3) is 2.53. The molecule has 5 heteroatoms. The Morgan fingerprint density at radius 2 is 1.87 bits per heavy atom. The van der Waals surface area contributed by atoms with Crippen LogP contribution in [0.15, 0.2) is 24.3 Å². The molecule has 2 bridgehead atoms. The third-order valence-electron chi connectivity index (χ3n) is 5.65. The third-order valence-corrected chi connectivity index (χ3v) is 5.65. The first-order valence-electron chi connectivity index (χ1n) is 8.58. The fourth-order valence-corrected chi connectivity index (χ4v) is 4.37. The monoisotopic (exact) mass is 312 g/mol.